The van der Waals surface area contributed by atoms with Crippen molar-refractivity contribution < 1.29 is 9.32 Å². The van der Waals surface area contributed by atoms with Crippen molar-refractivity contribution in [1.82, 2.24) is 15.5 Å². The number of rotatable bonds is 5. The van der Waals surface area contributed by atoms with Crippen molar-refractivity contribution in [3.63, 3.8) is 0 Å². The monoisotopic (exact) mass is 331 g/mol. The lowest BCUT2D eigenvalue weighted by molar-refractivity contribution is -0.124. The molecular weight excluding hydrogens is 310 g/mol. The third kappa shape index (κ3) is 3.58. The zero-order chi connectivity index (χ0) is 16.3. The smallest absolute Gasteiger partial charge is 0.248 e. The van der Waals surface area contributed by atoms with Crippen LogP contribution < -0.4 is 5.32 Å². The van der Waals surface area contributed by atoms with Gasteiger partial charge in [-0.25, -0.2) is 0 Å². The summed E-state index contributed by atoms with van der Waals surface area (Å²) in [5, 5.41) is 6.84. The first kappa shape index (κ1) is 16.1. The van der Waals surface area contributed by atoms with Gasteiger partial charge in [0, 0.05) is 4.90 Å². The highest BCUT2D eigenvalue weighted by molar-refractivity contribution is 8.01. The van der Waals surface area contributed by atoms with Gasteiger partial charge in [0.2, 0.25) is 11.8 Å². The number of aryl methyl sites for hydroxylation is 1. The van der Waals surface area contributed by atoms with Gasteiger partial charge in [0.05, 0.1) is 4.75 Å². The van der Waals surface area contributed by atoms with Crippen LogP contribution in [0.2, 0.25) is 0 Å². The van der Waals surface area contributed by atoms with Gasteiger partial charge in [-0.05, 0) is 38.8 Å². The molecule has 0 unspecified atom stereocenters. The standard InChI is InChI=1S/C17H21N3O2S/c1-12(15-19-13(2)20-22-15)18-16(21)17(10-6-7-11-17)23-14-8-4-3-5-9-14/h3-5,8-9,12H,6-7,10-11H2,1-2H3,(H,18,21)/t12-/m0/s1. The number of hydrogen-bond donors (Lipinski definition) is 1. The first-order valence-corrected chi connectivity index (χ1v) is 8.76. The second-order valence-corrected chi connectivity index (χ2v) is 7.45. The Hall–Kier alpha value is -1.82. The molecule has 5 nitrogen and oxygen atoms in total. The van der Waals surface area contributed by atoms with Gasteiger partial charge >= 0.3 is 0 Å². The molecule has 0 radical (unpaired) electrons. The summed E-state index contributed by atoms with van der Waals surface area (Å²) in [4.78, 5) is 18.3. The fraction of sp³-hybridized carbons (Fsp3) is 0.471. The van der Waals surface area contributed by atoms with Crippen LogP contribution in [0.4, 0.5) is 0 Å². The Balaban J connectivity index is 1.74. The number of carbonyl (C=O) groups is 1. The van der Waals surface area contributed by atoms with Crippen molar-refractivity contribution in [2.24, 2.45) is 0 Å². The molecule has 1 atom stereocenters. The number of thioether (sulfide) groups is 1. The highest BCUT2D eigenvalue weighted by Gasteiger charge is 2.42. The van der Waals surface area contributed by atoms with Crippen LogP contribution in [0.3, 0.4) is 0 Å². The first-order chi connectivity index (χ1) is 11.1. The Labute approximate surface area is 140 Å². The summed E-state index contributed by atoms with van der Waals surface area (Å²) in [5.74, 6) is 1.09. The van der Waals surface area contributed by atoms with E-state index in [0.717, 1.165) is 30.6 Å². The Morgan fingerprint density at radius 3 is 2.61 bits per heavy atom. The minimum Gasteiger partial charge on any atom is -0.343 e. The average Bonchev–Trinajstić information content (AvgIpc) is 3.18. The Morgan fingerprint density at radius 2 is 2.00 bits per heavy atom. The molecule has 122 valence electrons. The molecule has 1 aliphatic rings. The molecule has 0 saturated heterocycles. The highest BCUT2D eigenvalue weighted by Crippen LogP contribution is 2.45. The number of carbonyl (C=O) groups excluding carboxylic acids is 1. The third-order valence-corrected chi connectivity index (χ3v) is 5.64. The first-order valence-electron chi connectivity index (χ1n) is 7.94. The van der Waals surface area contributed by atoms with Gasteiger partial charge < -0.3 is 9.84 Å². The van der Waals surface area contributed by atoms with E-state index >= 15 is 0 Å². The molecule has 0 spiro atoms. The summed E-state index contributed by atoms with van der Waals surface area (Å²) in [6, 6.07) is 9.84. The van der Waals surface area contributed by atoms with Gasteiger partial charge in [0.1, 0.15) is 6.04 Å². The highest BCUT2D eigenvalue weighted by atomic mass is 32.2. The van der Waals surface area contributed by atoms with Gasteiger partial charge in [-0.3, -0.25) is 4.79 Å². The van der Waals surface area contributed by atoms with E-state index in [1.165, 1.54) is 0 Å². The molecule has 1 aromatic heterocycles. The van der Waals surface area contributed by atoms with E-state index in [-0.39, 0.29) is 11.9 Å². The van der Waals surface area contributed by atoms with E-state index in [4.69, 9.17) is 4.52 Å². The van der Waals surface area contributed by atoms with Crippen molar-refractivity contribution >= 4 is 17.7 Å². The van der Waals surface area contributed by atoms with E-state index in [0.29, 0.717) is 11.7 Å². The van der Waals surface area contributed by atoms with Gasteiger partial charge in [-0.1, -0.05) is 36.2 Å². The van der Waals surface area contributed by atoms with E-state index in [1.807, 2.05) is 25.1 Å². The zero-order valence-corrected chi connectivity index (χ0v) is 14.2. The molecule has 1 aliphatic carbocycles. The fourth-order valence-corrected chi connectivity index (χ4v) is 4.30. The quantitative estimate of drug-likeness (QED) is 0.905. The van der Waals surface area contributed by atoms with Crippen LogP contribution in [0.25, 0.3) is 0 Å². The van der Waals surface area contributed by atoms with E-state index in [2.05, 4.69) is 27.6 Å². The van der Waals surface area contributed by atoms with Gasteiger partial charge in [0.15, 0.2) is 5.82 Å². The van der Waals surface area contributed by atoms with Gasteiger partial charge in [-0.2, -0.15) is 4.98 Å². The third-order valence-electron chi connectivity index (χ3n) is 4.14. The van der Waals surface area contributed by atoms with Crippen LogP contribution in [0.5, 0.6) is 0 Å². The van der Waals surface area contributed by atoms with E-state index in [1.54, 1.807) is 18.7 Å². The summed E-state index contributed by atoms with van der Waals surface area (Å²) in [5.41, 5.74) is 0. The number of nitrogens with one attached hydrogen (secondary N) is 1. The molecule has 2 aromatic rings. The normalized spacial score (nSPS) is 17.8. The predicted octanol–water partition coefficient (Wildman–Crippen LogP) is 3.66. The number of amides is 1. The van der Waals surface area contributed by atoms with Gasteiger partial charge in [0.25, 0.3) is 0 Å². The molecule has 23 heavy (non-hydrogen) atoms. The summed E-state index contributed by atoms with van der Waals surface area (Å²) in [6.45, 7) is 3.64. The van der Waals surface area contributed by atoms with Crippen molar-refractivity contribution in [3.05, 3.63) is 42.0 Å². The Bertz CT molecular complexity index is 665. The van der Waals surface area contributed by atoms with Crippen LogP contribution in [0, 0.1) is 6.92 Å². The molecule has 1 N–H and O–H groups in total. The van der Waals surface area contributed by atoms with Crippen molar-refractivity contribution in [3.8, 4) is 0 Å². The Morgan fingerprint density at radius 1 is 1.30 bits per heavy atom. The number of benzene rings is 1. The number of hydrogen-bond acceptors (Lipinski definition) is 5. The molecule has 1 aromatic carbocycles. The lowest BCUT2D eigenvalue weighted by Crippen LogP contribution is -2.43. The van der Waals surface area contributed by atoms with E-state index < -0.39 is 4.75 Å². The topological polar surface area (TPSA) is 68.0 Å². The molecule has 0 bridgehead atoms. The fourth-order valence-electron chi connectivity index (χ4n) is 2.91. The average molecular weight is 331 g/mol. The van der Waals surface area contributed by atoms with Gasteiger partial charge in [-0.15, -0.1) is 11.8 Å². The molecule has 1 fully saturated rings. The molecule has 1 amide bonds. The van der Waals surface area contributed by atoms with Crippen LogP contribution in [-0.4, -0.2) is 20.8 Å². The summed E-state index contributed by atoms with van der Waals surface area (Å²) in [7, 11) is 0. The zero-order valence-electron chi connectivity index (χ0n) is 13.4. The maximum absolute atomic E-state index is 12.9. The molecule has 6 heteroatoms. The molecular formula is C17H21N3O2S. The lowest BCUT2D eigenvalue weighted by Gasteiger charge is -2.28. The molecule has 3 rings (SSSR count). The molecule has 1 heterocycles. The van der Waals surface area contributed by atoms with E-state index in [9.17, 15) is 4.79 Å². The molecule has 1 saturated carbocycles. The number of nitrogens with zero attached hydrogens (tertiary/aromatic N) is 2. The van der Waals surface area contributed by atoms with Crippen LogP contribution >= 0.6 is 11.8 Å². The maximum Gasteiger partial charge on any atom is 0.248 e. The van der Waals surface area contributed by atoms with Crippen molar-refractivity contribution in [2.75, 3.05) is 0 Å². The molecule has 0 aliphatic heterocycles. The van der Waals surface area contributed by atoms with Crippen LogP contribution in [-0.2, 0) is 4.79 Å². The maximum atomic E-state index is 12.9. The summed E-state index contributed by atoms with van der Waals surface area (Å²) >= 11 is 1.67. The Kier molecular flexibility index (Phi) is 4.71. The largest absolute Gasteiger partial charge is 0.343 e. The predicted molar refractivity (Wildman–Crippen MR) is 89.1 cm³/mol. The number of aromatic nitrogens is 2. The van der Waals surface area contributed by atoms with Crippen molar-refractivity contribution in [1.29, 1.82) is 0 Å². The van der Waals surface area contributed by atoms with Crippen molar-refractivity contribution in [2.45, 2.75) is 55.2 Å². The second-order valence-electron chi connectivity index (χ2n) is 5.99. The summed E-state index contributed by atoms with van der Waals surface area (Å²) in [6.07, 6.45) is 3.96. The minimum atomic E-state index is -0.398. The second kappa shape index (κ2) is 6.74. The van der Waals surface area contributed by atoms with Crippen LogP contribution in [0.15, 0.2) is 39.8 Å². The van der Waals surface area contributed by atoms with Crippen LogP contribution in [0.1, 0.15) is 50.4 Å². The lowest BCUT2D eigenvalue weighted by atomic mass is 10.1. The summed E-state index contributed by atoms with van der Waals surface area (Å²) < 4.78 is 4.76. The minimum absolute atomic E-state index is 0.0622. The SMILES string of the molecule is Cc1noc([C@H](C)NC(=O)C2(Sc3ccccc3)CCCC2)n1.